The highest BCUT2D eigenvalue weighted by atomic mass is 16.1. The number of anilines is 1. The fraction of sp³-hybridized carbons (Fsp3) is 0.190. The molecule has 1 fully saturated rings. The smallest absolute Gasteiger partial charge is 0.227 e. The van der Waals surface area contributed by atoms with E-state index in [4.69, 9.17) is 5.10 Å². The van der Waals surface area contributed by atoms with Crippen LogP contribution in [0, 0.1) is 5.92 Å². The summed E-state index contributed by atoms with van der Waals surface area (Å²) in [6.45, 7) is 0. The maximum Gasteiger partial charge on any atom is 0.227 e. The molecule has 1 aliphatic carbocycles. The van der Waals surface area contributed by atoms with Gasteiger partial charge in [0.05, 0.1) is 5.69 Å². The van der Waals surface area contributed by atoms with E-state index in [0.717, 1.165) is 41.8 Å². The standard InChI is InChI=1S/C21H18N6O/c28-21(16-2-1-3-16)23-17-6-4-14(5-7-17)18-8-9-19-24-25-20(27(19)26-18)15-10-12-22-13-11-15/h4-13,16H,1-3H2,(H,23,28). The van der Waals surface area contributed by atoms with Gasteiger partial charge < -0.3 is 5.32 Å². The molecule has 4 aromatic rings. The molecule has 0 spiro atoms. The van der Waals surface area contributed by atoms with E-state index in [1.165, 1.54) is 0 Å². The van der Waals surface area contributed by atoms with Gasteiger partial charge in [0.2, 0.25) is 5.91 Å². The SMILES string of the molecule is O=C(Nc1ccc(-c2ccc3nnc(-c4ccncc4)n3n2)cc1)C1CCC1. The average Bonchev–Trinajstić information content (AvgIpc) is 3.11. The largest absolute Gasteiger partial charge is 0.326 e. The Balaban J connectivity index is 1.43. The number of carbonyl (C=O) groups excluding carboxylic acids is 1. The van der Waals surface area contributed by atoms with Crippen LogP contribution < -0.4 is 5.32 Å². The molecule has 0 radical (unpaired) electrons. The molecule has 1 N–H and O–H groups in total. The van der Waals surface area contributed by atoms with Gasteiger partial charge >= 0.3 is 0 Å². The summed E-state index contributed by atoms with van der Waals surface area (Å²) in [5, 5.41) is 16.1. The van der Waals surface area contributed by atoms with Crippen LogP contribution in [0.15, 0.2) is 60.9 Å². The zero-order valence-corrected chi connectivity index (χ0v) is 15.1. The van der Waals surface area contributed by atoms with Crippen LogP contribution in [-0.2, 0) is 4.79 Å². The van der Waals surface area contributed by atoms with Crippen molar-refractivity contribution in [1.29, 1.82) is 0 Å². The summed E-state index contributed by atoms with van der Waals surface area (Å²) in [6, 6.07) is 15.3. The zero-order valence-electron chi connectivity index (χ0n) is 15.1. The van der Waals surface area contributed by atoms with E-state index in [2.05, 4.69) is 20.5 Å². The molecule has 0 aliphatic heterocycles. The van der Waals surface area contributed by atoms with Crippen molar-refractivity contribution in [2.24, 2.45) is 5.92 Å². The number of fused-ring (bicyclic) bond motifs is 1. The molecule has 0 atom stereocenters. The minimum Gasteiger partial charge on any atom is -0.326 e. The first kappa shape index (κ1) is 16.6. The Morgan fingerprint density at radius 2 is 1.71 bits per heavy atom. The van der Waals surface area contributed by atoms with Crippen molar-refractivity contribution in [1.82, 2.24) is 24.8 Å². The molecule has 3 aromatic heterocycles. The van der Waals surface area contributed by atoms with Gasteiger partial charge in [0, 0.05) is 35.1 Å². The van der Waals surface area contributed by atoms with Crippen molar-refractivity contribution in [2.75, 3.05) is 5.32 Å². The van der Waals surface area contributed by atoms with Crippen LogP contribution >= 0.6 is 0 Å². The number of carbonyl (C=O) groups is 1. The van der Waals surface area contributed by atoms with Crippen LogP contribution in [0.4, 0.5) is 5.69 Å². The number of benzene rings is 1. The topological polar surface area (TPSA) is 85.1 Å². The molecule has 1 aliphatic rings. The van der Waals surface area contributed by atoms with Crippen LogP contribution in [0.3, 0.4) is 0 Å². The van der Waals surface area contributed by atoms with Gasteiger partial charge in [-0.1, -0.05) is 18.6 Å². The molecular formula is C21H18N6O. The number of rotatable bonds is 4. The van der Waals surface area contributed by atoms with E-state index >= 15 is 0 Å². The molecule has 0 saturated heterocycles. The van der Waals surface area contributed by atoms with E-state index in [0.29, 0.717) is 11.5 Å². The number of aromatic nitrogens is 5. The van der Waals surface area contributed by atoms with E-state index in [1.54, 1.807) is 16.9 Å². The van der Waals surface area contributed by atoms with E-state index in [1.807, 2.05) is 48.5 Å². The van der Waals surface area contributed by atoms with Gasteiger partial charge in [-0.3, -0.25) is 9.78 Å². The quantitative estimate of drug-likeness (QED) is 0.593. The van der Waals surface area contributed by atoms with E-state index < -0.39 is 0 Å². The van der Waals surface area contributed by atoms with Gasteiger partial charge in [-0.15, -0.1) is 10.2 Å². The van der Waals surface area contributed by atoms with Crippen LogP contribution in [0.25, 0.3) is 28.3 Å². The van der Waals surface area contributed by atoms with Crippen molar-refractivity contribution in [3.63, 3.8) is 0 Å². The molecule has 7 nitrogen and oxygen atoms in total. The lowest BCUT2D eigenvalue weighted by Crippen LogP contribution is -2.27. The Morgan fingerprint density at radius 1 is 0.929 bits per heavy atom. The van der Waals surface area contributed by atoms with Gasteiger partial charge in [-0.25, -0.2) is 0 Å². The number of amides is 1. The van der Waals surface area contributed by atoms with Crippen molar-refractivity contribution in [2.45, 2.75) is 19.3 Å². The third-order valence-electron chi connectivity index (χ3n) is 5.13. The molecule has 138 valence electrons. The molecule has 5 rings (SSSR count). The van der Waals surface area contributed by atoms with Crippen molar-refractivity contribution < 1.29 is 4.79 Å². The zero-order chi connectivity index (χ0) is 18.9. The maximum atomic E-state index is 12.1. The highest BCUT2D eigenvalue weighted by molar-refractivity contribution is 5.93. The van der Waals surface area contributed by atoms with Crippen LogP contribution in [0.5, 0.6) is 0 Å². The van der Waals surface area contributed by atoms with Crippen LogP contribution in [0.2, 0.25) is 0 Å². The lowest BCUT2D eigenvalue weighted by molar-refractivity contribution is -0.122. The number of hydrogen-bond donors (Lipinski definition) is 1. The summed E-state index contributed by atoms with van der Waals surface area (Å²) >= 11 is 0. The van der Waals surface area contributed by atoms with Crippen LogP contribution in [-0.4, -0.2) is 30.7 Å². The first-order valence-corrected chi connectivity index (χ1v) is 9.32. The van der Waals surface area contributed by atoms with Gasteiger partial charge in [0.15, 0.2) is 11.5 Å². The summed E-state index contributed by atoms with van der Waals surface area (Å²) in [5.74, 6) is 0.956. The first-order valence-electron chi connectivity index (χ1n) is 9.32. The second-order valence-electron chi connectivity index (χ2n) is 6.94. The fourth-order valence-corrected chi connectivity index (χ4v) is 3.26. The van der Waals surface area contributed by atoms with Crippen molar-refractivity contribution >= 4 is 17.2 Å². The molecule has 0 unspecified atom stereocenters. The Labute approximate surface area is 161 Å². The minimum absolute atomic E-state index is 0.116. The molecule has 0 bridgehead atoms. The number of pyridine rings is 1. The molecule has 7 heteroatoms. The maximum absolute atomic E-state index is 12.1. The third kappa shape index (κ3) is 3.00. The lowest BCUT2D eigenvalue weighted by atomic mass is 9.85. The third-order valence-corrected chi connectivity index (χ3v) is 5.13. The van der Waals surface area contributed by atoms with Gasteiger partial charge in [-0.2, -0.15) is 9.61 Å². The summed E-state index contributed by atoms with van der Waals surface area (Å²) in [6.07, 6.45) is 6.57. The highest BCUT2D eigenvalue weighted by Crippen LogP contribution is 2.28. The summed E-state index contributed by atoms with van der Waals surface area (Å²) in [5.41, 5.74) is 4.15. The number of nitrogens with one attached hydrogen (secondary N) is 1. The number of hydrogen-bond acceptors (Lipinski definition) is 5. The average molecular weight is 370 g/mol. The minimum atomic E-state index is 0.116. The molecule has 1 saturated carbocycles. The second kappa shape index (κ2) is 6.84. The van der Waals surface area contributed by atoms with E-state index in [9.17, 15) is 4.79 Å². The predicted molar refractivity (Wildman–Crippen MR) is 105 cm³/mol. The highest BCUT2D eigenvalue weighted by Gasteiger charge is 2.25. The Bertz CT molecular complexity index is 1130. The van der Waals surface area contributed by atoms with Crippen LogP contribution in [0.1, 0.15) is 19.3 Å². The first-order chi connectivity index (χ1) is 13.8. The molecular weight excluding hydrogens is 352 g/mol. The van der Waals surface area contributed by atoms with E-state index in [-0.39, 0.29) is 11.8 Å². The Hall–Kier alpha value is -3.61. The van der Waals surface area contributed by atoms with Crippen molar-refractivity contribution in [3.05, 3.63) is 60.9 Å². The van der Waals surface area contributed by atoms with Gasteiger partial charge in [-0.05, 0) is 49.2 Å². The molecule has 28 heavy (non-hydrogen) atoms. The molecule has 1 aromatic carbocycles. The summed E-state index contributed by atoms with van der Waals surface area (Å²) in [7, 11) is 0. The number of nitrogens with zero attached hydrogens (tertiary/aromatic N) is 5. The molecule has 1 amide bonds. The Morgan fingerprint density at radius 3 is 2.43 bits per heavy atom. The van der Waals surface area contributed by atoms with Gasteiger partial charge in [0.1, 0.15) is 0 Å². The Kier molecular flexibility index (Phi) is 4.05. The second-order valence-corrected chi connectivity index (χ2v) is 6.94. The van der Waals surface area contributed by atoms with Crippen molar-refractivity contribution in [3.8, 4) is 22.6 Å². The lowest BCUT2D eigenvalue weighted by Gasteiger charge is -2.24. The normalized spacial score (nSPS) is 14.0. The van der Waals surface area contributed by atoms with Gasteiger partial charge in [0.25, 0.3) is 0 Å². The fourth-order valence-electron chi connectivity index (χ4n) is 3.26. The summed E-state index contributed by atoms with van der Waals surface area (Å²) < 4.78 is 1.73. The predicted octanol–water partition coefficient (Wildman–Crippen LogP) is 3.59. The molecule has 3 heterocycles. The summed E-state index contributed by atoms with van der Waals surface area (Å²) in [4.78, 5) is 16.1. The monoisotopic (exact) mass is 370 g/mol.